The molecule has 0 bridgehead atoms. The topological polar surface area (TPSA) is 0 Å². The van der Waals surface area contributed by atoms with Crippen LogP contribution in [0.4, 0.5) is 8.78 Å². The van der Waals surface area contributed by atoms with Crippen LogP contribution < -0.4 is 0 Å². The number of rotatable bonds is 3. The van der Waals surface area contributed by atoms with Crippen LogP contribution in [0.2, 0.25) is 0 Å². The number of benzene rings is 1. The number of hydrogen-bond acceptors (Lipinski definition) is 1. The van der Waals surface area contributed by atoms with Gasteiger partial charge in [0.1, 0.15) is 11.6 Å². The lowest BCUT2D eigenvalue weighted by atomic mass is 9.98. The van der Waals surface area contributed by atoms with E-state index >= 15 is 0 Å². The van der Waals surface area contributed by atoms with Gasteiger partial charge in [0.15, 0.2) is 0 Å². The lowest BCUT2D eigenvalue weighted by Crippen LogP contribution is -1.96. The van der Waals surface area contributed by atoms with E-state index in [9.17, 15) is 8.78 Å². The lowest BCUT2D eigenvalue weighted by molar-refractivity contribution is 0.533. The minimum absolute atomic E-state index is 0.108. The Hall–Kier alpha value is -0.570. The van der Waals surface area contributed by atoms with E-state index in [1.165, 1.54) is 12.1 Å². The molecule has 1 unspecified atom stereocenters. The maximum absolute atomic E-state index is 13.3. The van der Waals surface area contributed by atoms with Gasteiger partial charge in [-0.3, -0.25) is 0 Å². The third-order valence-electron chi connectivity index (χ3n) is 2.41. The van der Waals surface area contributed by atoms with Gasteiger partial charge in [-0.05, 0) is 36.3 Å². The second-order valence-electron chi connectivity index (χ2n) is 3.33. The van der Waals surface area contributed by atoms with Crippen LogP contribution in [0.1, 0.15) is 31.7 Å². The second kappa shape index (κ2) is 4.78. The van der Waals surface area contributed by atoms with E-state index in [0.717, 1.165) is 23.7 Å². The van der Waals surface area contributed by atoms with Crippen molar-refractivity contribution in [1.82, 2.24) is 0 Å². The highest BCUT2D eigenvalue weighted by Crippen LogP contribution is 2.28. The van der Waals surface area contributed by atoms with Crippen molar-refractivity contribution < 1.29 is 8.78 Å². The predicted octanol–water partition coefficient (Wildman–Crippen LogP) is 4.20. The second-order valence-corrected chi connectivity index (χ2v) is 4.14. The van der Waals surface area contributed by atoms with E-state index in [1.54, 1.807) is 6.26 Å². The summed E-state index contributed by atoms with van der Waals surface area (Å²) < 4.78 is 26.7. The minimum atomic E-state index is -0.451. The van der Waals surface area contributed by atoms with Crippen LogP contribution in [-0.2, 0) is 0 Å². The van der Waals surface area contributed by atoms with Gasteiger partial charge in [-0.25, -0.2) is 8.78 Å². The fourth-order valence-electron chi connectivity index (χ4n) is 1.29. The zero-order chi connectivity index (χ0) is 10.7. The monoisotopic (exact) mass is 216 g/mol. The molecule has 0 aliphatic rings. The molecule has 0 aromatic heterocycles. The summed E-state index contributed by atoms with van der Waals surface area (Å²) >= 11 is 1.10. The largest absolute Gasteiger partial charge is 0.206 e. The highest BCUT2D eigenvalue weighted by Gasteiger charge is 2.12. The first-order valence-electron chi connectivity index (χ1n) is 4.63. The maximum atomic E-state index is 13.3. The van der Waals surface area contributed by atoms with Gasteiger partial charge in [-0.2, -0.15) is 0 Å². The Morgan fingerprint density at radius 2 is 1.79 bits per heavy atom. The molecule has 3 heteroatoms. The fraction of sp³-hybridized carbons (Fsp3) is 0.455. The molecule has 0 N–H and O–H groups in total. The molecule has 0 fully saturated rings. The summed E-state index contributed by atoms with van der Waals surface area (Å²) in [6.45, 7) is 3.97. The molecule has 0 saturated heterocycles. The van der Waals surface area contributed by atoms with Gasteiger partial charge in [0.05, 0.1) is 4.90 Å². The first-order valence-corrected chi connectivity index (χ1v) is 5.85. The molecule has 0 aliphatic heterocycles. The Kier molecular flexibility index (Phi) is 3.93. The molecule has 0 aliphatic carbocycles. The highest BCUT2D eigenvalue weighted by molar-refractivity contribution is 7.98. The molecule has 1 aromatic carbocycles. The molecule has 0 heterocycles. The zero-order valence-corrected chi connectivity index (χ0v) is 9.42. The van der Waals surface area contributed by atoms with Crippen molar-refractivity contribution in [3.63, 3.8) is 0 Å². The summed E-state index contributed by atoms with van der Waals surface area (Å²) in [5.41, 5.74) is 0.736. The molecule has 0 amide bonds. The summed E-state index contributed by atoms with van der Waals surface area (Å²) in [6, 6.07) is 2.87. The SMILES string of the molecule is CCC(C)c1cc(F)c(SC)c(F)c1. The number of hydrogen-bond donors (Lipinski definition) is 0. The van der Waals surface area contributed by atoms with Crippen molar-refractivity contribution in [2.75, 3.05) is 6.26 Å². The van der Waals surface area contributed by atoms with Crippen LogP contribution in [0.5, 0.6) is 0 Å². The third-order valence-corrected chi connectivity index (χ3v) is 3.20. The average molecular weight is 216 g/mol. The summed E-state index contributed by atoms with van der Waals surface area (Å²) in [5.74, 6) is -0.699. The first-order chi connectivity index (χ1) is 6.60. The Morgan fingerprint density at radius 3 is 2.14 bits per heavy atom. The average Bonchev–Trinajstić information content (AvgIpc) is 2.16. The zero-order valence-electron chi connectivity index (χ0n) is 8.60. The van der Waals surface area contributed by atoms with E-state index in [2.05, 4.69) is 0 Å². The third kappa shape index (κ3) is 2.27. The van der Waals surface area contributed by atoms with E-state index in [0.29, 0.717) is 0 Å². The summed E-state index contributed by atoms with van der Waals surface area (Å²) in [4.78, 5) is 0.108. The molecule has 0 nitrogen and oxygen atoms in total. The lowest BCUT2D eigenvalue weighted by Gasteiger charge is -2.11. The van der Waals surface area contributed by atoms with E-state index in [1.807, 2.05) is 13.8 Å². The number of halogens is 2. The molecule has 1 atom stereocenters. The summed E-state index contributed by atoms with van der Waals surface area (Å²) in [6.07, 6.45) is 2.56. The molecular weight excluding hydrogens is 202 g/mol. The number of thioether (sulfide) groups is 1. The van der Waals surface area contributed by atoms with Crippen molar-refractivity contribution in [2.24, 2.45) is 0 Å². The minimum Gasteiger partial charge on any atom is -0.206 e. The molecule has 0 radical (unpaired) electrons. The van der Waals surface area contributed by atoms with Crippen LogP contribution in [0.15, 0.2) is 17.0 Å². The Balaban J connectivity index is 3.13. The van der Waals surface area contributed by atoms with Gasteiger partial charge in [0.2, 0.25) is 0 Å². The van der Waals surface area contributed by atoms with Crippen LogP contribution in [0.3, 0.4) is 0 Å². The summed E-state index contributed by atoms with van der Waals surface area (Å²) in [5, 5.41) is 0. The standard InChI is InChI=1S/C11H14F2S/c1-4-7(2)8-5-9(12)11(14-3)10(13)6-8/h5-7H,4H2,1-3H3. The van der Waals surface area contributed by atoms with Crippen LogP contribution >= 0.6 is 11.8 Å². The van der Waals surface area contributed by atoms with E-state index < -0.39 is 11.6 Å². The van der Waals surface area contributed by atoms with Gasteiger partial charge >= 0.3 is 0 Å². The van der Waals surface area contributed by atoms with Crippen molar-refractivity contribution in [3.05, 3.63) is 29.3 Å². The van der Waals surface area contributed by atoms with Crippen LogP contribution in [0.25, 0.3) is 0 Å². The quantitative estimate of drug-likeness (QED) is 0.682. The van der Waals surface area contributed by atoms with E-state index in [4.69, 9.17) is 0 Å². The molecule has 14 heavy (non-hydrogen) atoms. The molecular formula is C11H14F2S. The Bertz CT molecular complexity index is 300. The summed E-state index contributed by atoms with van der Waals surface area (Å²) in [7, 11) is 0. The van der Waals surface area contributed by atoms with Crippen LogP contribution in [0, 0.1) is 11.6 Å². The smallest absolute Gasteiger partial charge is 0.140 e. The van der Waals surface area contributed by atoms with Gasteiger partial charge < -0.3 is 0 Å². The molecule has 78 valence electrons. The molecule has 1 rings (SSSR count). The highest BCUT2D eigenvalue weighted by atomic mass is 32.2. The van der Waals surface area contributed by atoms with Crippen molar-refractivity contribution in [2.45, 2.75) is 31.1 Å². The van der Waals surface area contributed by atoms with Gasteiger partial charge in [-0.1, -0.05) is 13.8 Å². The van der Waals surface area contributed by atoms with Crippen molar-refractivity contribution >= 4 is 11.8 Å². The predicted molar refractivity (Wildman–Crippen MR) is 56.8 cm³/mol. The van der Waals surface area contributed by atoms with Crippen LogP contribution in [-0.4, -0.2) is 6.26 Å². The van der Waals surface area contributed by atoms with Gasteiger partial charge in [0, 0.05) is 0 Å². The first kappa shape index (κ1) is 11.5. The molecule has 1 aromatic rings. The van der Waals surface area contributed by atoms with Crippen molar-refractivity contribution in [1.29, 1.82) is 0 Å². The Labute approximate surface area is 87.7 Å². The normalized spacial score (nSPS) is 12.9. The van der Waals surface area contributed by atoms with Gasteiger partial charge in [-0.15, -0.1) is 11.8 Å². The fourth-order valence-corrected chi connectivity index (χ4v) is 1.80. The maximum Gasteiger partial charge on any atom is 0.140 e. The van der Waals surface area contributed by atoms with Gasteiger partial charge in [0.25, 0.3) is 0 Å². The molecule has 0 spiro atoms. The molecule has 0 saturated carbocycles. The Morgan fingerprint density at radius 1 is 1.29 bits per heavy atom. The van der Waals surface area contributed by atoms with Crippen molar-refractivity contribution in [3.8, 4) is 0 Å². The van der Waals surface area contributed by atoms with E-state index in [-0.39, 0.29) is 10.8 Å².